The molecule has 0 aromatic heterocycles. The molecule has 0 fully saturated rings. The second-order valence-corrected chi connectivity index (χ2v) is 6.42. The maximum Gasteiger partial charge on any atom is 0.137 e. The SMILES string of the molecule is COc1ccc(N)c(S(=O)Cc2ccc(F)c(Br)c2)c1. The molecule has 2 aromatic rings. The van der Waals surface area contributed by atoms with Crippen LogP contribution < -0.4 is 10.5 Å². The molecule has 106 valence electrons. The lowest BCUT2D eigenvalue weighted by atomic mass is 10.2. The normalized spacial score (nSPS) is 12.2. The first-order valence-corrected chi connectivity index (χ1v) is 7.88. The van der Waals surface area contributed by atoms with Gasteiger partial charge in [-0.2, -0.15) is 0 Å². The minimum Gasteiger partial charge on any atom is -0.497 e. The second kappa shape index (κ2) is 6.37. The van der Waals surface area contributed by atoms with Crippen molar-refractivity contribution in [2.45, 2.75) is 10.6 Å². The summed E-state index contributed by atoms with van der Waals surface area (Å²) >= 11 is 3.11. The third-order valence-electron chi connectivity index (χ3n) is 2.75. The van der Waals surface area contributed by atoms with Crippen LogP contribution in [0.5, 0.6) is 5.75 Å². The first kappa shape index (κ1) is 15.0. The predicted molar refractivity (Wildman–Crippen MR) is 81.6 cm³/mol. The molecule has 0 saturated carbocycles. The highest BCUT2D eigenvalue weighted by molar-refractivity contribution is 9.10. The van der Waals surface area contributed by atoms with Gasteiger partial charge in [-0.05, 0) is 51.8 Å². The zero-order valence-electron chi connectivity index (χ0n) is 10.7. The number of hydrogen-bond donors (Lipinski definition) is 1. The van der Waals surface area contributed by atoms with Gasteiger partial charge in [0, 0.05) is 5.69 Å². The largest absolute Gasteiger partial charge is 0.497 e. The molecule has 0 bridgehead atoms. The number of halogens is 2. The number of ether oxygens (including phenoxy) is 1. The highest BCUT2D eigenvalue weighted by Crippen LogP contribution is 2.25. The first-order valence-electron chi connectivity index (χ1n) is 5.77. The van der Waals surface area contributed by atoms with Gasteiger partial charge in [0.2, 0.25) is 0 Å². The Bertz CT molecular complexity index is 664. The number of benzene rings is 2. The number of nitrogen functional groups attached to an aromatic ring is 1. The van der Waals surface area contributed by atoms with Gasteiger partial charge in [-0.1, -0.05) is 6.07 Å². The highest BCUT2D eigenvalue weighted by atomic mass is 79.9. The van der Waals surface area contributed by atoms with Crippen LogP contribution in [-0.4, -0.2) is 11.3 Å². The highest BCUT2D eigenvalue weighted by Gasteiger charge is 2.11. The van der Waals surface area contributed by atoms with Crippen LogP contribution in [0.3, 0.4) is 0 Å². The number of hydrogen-bond acceptors (Lipinski definition) is 3. The van der Waals surface area contributed by atoms with Crippen molar-refractivity contribution in [3.05, 3.63) is 52.3 Å². The molecule has 0 spiro atoms. The second-order valence-electron chi connectivity index (χ2n) is 4.14. The maximum atomic E-state index is 13.2. The Labute approximate surface area is 127 Å². The summed E-state index contributed by atoms with van der Waals surface area (Å²) < 4.78 is 31.0. The Kier molecular flexibility index (Phi) is 4.77. The molecule has 0 heterocycles. The van der Waals surface area contributed by atoms with Crippen LogP contribution in [0.1, 0.15) is 5.56 Å². The summed E-state index contributed by atoms with van der Waals surface area (Å²) in [5.74, 6) is 0.513. The average molecular weight is 358 g/mol. The van der Waals surface area contributed by atoms with E-state index in [1.807, 2.05) is 0 Å². The molecule has 0 amide bonds. The molecule has 0 aliphatic rings. The van der Waals surface area contributed by atoms with Gasteiger partial charge < -0.3 is 10.5 Å². The van der Waals surface area contributed by atoms with E-state index in [0.717, 1.165) is 5.56 Å². The van der Waals surface area contributed by atoms with E-state index in [9.17, 15) is 8.60 Å². The van der Waals surface area contributed by atoms with Crippen LogP contribution >= 0.6 is 15.9 Å². The van der Waals surface area contributed by atoms with Crippen LogP contribution in [0.25, 0.3) is 0 Å². The van der Waals surface area contributed by atoms with Crippen LogP contribution in [0.15, 0.2) is 45.8 Å². The van der Waals surface area contributed by atoms with E-state index in [-0.39, 0.29) is 11.6 Å². The summed E-state index contributed by atoms with van der Waals surface area (Å²) in [6, 6.07) is 9.59. The monoisotopic (exact) mass is 357 g/mol. The summed E-state index contributed by atoms with van der Waals surface area (Å²) in [7, 11) is 0.216. The summed E-state index contributed by atoms with van der Waals surface area (Å²) in [4.78, 5) is 0.518. The van der Waals surface area contributed by atoms with Crippen LogP contribution in [-0.2, 0) is 16.6 Å². The predicted octanol–water partition coefficient (Wildman–Crippen LogP) is 3.49. The van der Waals surface area contributed by atoms with Crippen molar-refractivity contribution in [2.75, 3.05) is 12.8 Å². The summed E-state index contributed by atoms with van der Waals surface area (Å²) in [5.41, 5.74) is 7.05. The van der Waals surface area contributed by atoms with E-state index >= 15 is 0 Å². The lowest BCUT2D eigenvalue weighted by Gasteiger charge is -2.08. The fraction of sp³-hybridized carbons (Fsp3) is 0.143. The zero-order chi connectivity index (χ0) is 14.7. The molecule has 0 aliphatic carbocycles. The Morgan fingerprint density at radius 2 is 2.05 bits per heavy atom. The van der Waals surface area contributed by atoms with Crippen LogP contribution in [0.2, 0.25) is 0 Å². The number of nitrogens with two attached hydrogens (primary N) is 1. The van der Waals surface area contributed by atoms with Gasteiger partial charge in [0.1, 0.15) is 11.6 Å². The molecule has 1 unspecified atom stereocenters. The van der Waals surface area contributed by atoms with Gasteiger partial charge in [0.05, 0.1) is 33.0 Å². The third kappa shape index (κ3) is 3.37. The molecular weight excluding hydrogens is 345 g/mol. The minimum atomic E-state index is -1.32. The maximum absolute atomic E-state index is 13.2. The van der Waals surface area contributed by atoms with E-state index in [4.69, 9.17) is 10.5 Å². The van der Waals surface area contributed by atoms with Crippen molar-refractivity contribution in [1.29, 1.82) is 0 Å². The summed E-state index contributed by atoms with van der Waals surface area (Å²) in [5, 5.41) is 0. The van der Waals surface area contributed by atoms with Crippen molar-refractivity contribution in [3.8, 4) is 5.75 Å². The lowest BCUT2D eigenvalue weighted by Crippen LogP contribution is -2.02. The minimum absolute atomic E-state index is 0.260. The fourth-order valence-electron chi connectivity index (χ4n) is 1.70. The summed E-state index contributed by atoms with van der Waals surface area (Å²) in [6.45, 7) is 0. The molecule has 3 nitrogen and oxygen atoms in total. The van der Waals surface area contributed by atoms with Crippen molar-refractivity contribution < 1.29 is 13.3 Å². The average Bonchev–Trinajstić information content (AvgIpc) is 2.43. The van der Waals surface area contributed by atoms with Crippen LogP contribution in [0.4, 0.5) is 10.1 Å². The van der Waals surface area contributed by atoms with Crippen molar-refractivity contribution in [3.63, 3.8) is 0 Å². The number of rotatable bonds is 4. The van der Waals surface area contributed by atoms with E-state index < -0.39 is 10.8 Å². The molecule has 6 heteroatoms. The molecule has 2 aromatic carbocycles. The summed E-state index contributed by atoms with van der Waals surface area (Å²) in [6.07, 6.45) is 0. The Balaban J connectivity index is 2.25. The lowest BCUT2D eigenvalue weighted by molar-refractivity contribution is 0.413. The van der Waals surface area contributed by atoms with E-state index in [0.29, 0.717) is 20.8 Å². The standard InChI is InChI=1S/C14H13BrFNO2S/c1-19-10-3-5-13(17)14(7-10)20(18)8-9-2-4-12(16)11(15)6-9/h2-7H,8,17H2,1H3. The van der Waals surface area contributed by atoms with Crippen molar-refractivity contribution >= 4 is 32.4 Å². The van der Waals surface area contributed by atoms with E-state index in [1.54, 1.807) is 30.3 Å². The first-order chi connectivity index (χ1) is 9.51. The molecule has 2 N–H and O–H groups in total. The number of methoxy groups -OCH3 is 1. The van der Waals surface area contributed by atoms with Gasteiger partial charge >= 0.3 is 0 Å². The Morgan fingerprint density at radius 3 is 2.70 bits per heavy atom. The quantitative estimate of drug-likeness (QED) is 0.852. The molecule has 0 saturated heterocycles. The smallest absolute Gasteiger partial charge is 0.137 e. The Morgan fingerprint density at radius 1 is 1.30 bits per heavy atom. The molecule has 20 heavy (non-hydrogen) atoms. The molecular formula is C14H13BrFNO2S. The van der Waals surface area contributed by atoms with Gasteiger partial charge in [-0.25, -0.2) is 4.39 Å². The van der Waals surface area contributed by atoms with Crippen molar-refractivity contribution in [1.82, 2.24) is 0 Å². The molecule has 2 rings (SSSR count). The zero-order valence-corrected chi connectivity index (χ0v) is 13.1. The van der Waals surface area contributed by atoms with Gasteiger partial charge in [0.25, 0.3) is 0 Å². The van der Waals surface area contributed by atoms with Gasteiger partial charge in [0.15, 0.2) is 0 Å². The number of anilines is 1. The van der Waals surface area contributed by atoms with Gasteiger partial charge in [-0.3, -0.25) is 4.21 Å². The van der Waals surface area contributed by atoms with E-state index in [2.05, 4.69) is 15.9 Å². The molecule has 0 radical (unpaired) electrons. The Hall–Kier alpha value is -1.40. The van der Waals surface area contributed by atoms with E-state index in [1.165, 1.54) is 13.2 Å². The molecule has 1 atom stereocenters. The van der Waals surface area contributed by atoms with Crippen LogP contribution in [0, 0.1) is 5.82 Å². The van der Waals surface area contributed by atoms with Gasteiger partial charge in [-0.15, -0.1) is 0 Å². The fourth-order valence-corrected chi connectivity index (χ4v) is 3.34. The van der Waals surface area contributed by atoms with Crippen molar-refractivity contribution in [2.24, 2.45) is 0 Å². The third-order valence-corrected chi connectivity index (χ3v) is 4.80. The molecule has 0 aliphatic heterocycles. The topological polar surface area (TPSA) is 52.3 Å².